The SMILES string of the molecule is CC(=O)CCCNC(=O)C1CCN(C)CC1. The van der Waals surface area contributed by atoms with Gasteiger partial charge in [0.15, 0.2) is 0 Å². The van der Waals surface area contributed by atoms with E-state index in [0.717, 1.165) is 32.4 Å². The molecule has 0 saturated carbocycles. The zero-order valence-corrected chi connectivity index (χ0v) is 10.3. The highest BCUT2D eigenvalue weighted by Crippen LogP contribution is 2.15. The molecule has 1 aliphatic rings. The summed E-state index contributed by atoms with van der Waals surface area (Å²) < 4.78 is 0. The minimum absolute atomic E-state index is 0.164. The molecule has 1 saturated heterocycles. The summed E-state index contributed by atoms with van der Waals surface area (Å²) in [6.07, 6.45) is 3.23. The number of likely N-dealkylation sites (tertiary alicyclic amines) is 1. The Hall–Kier alpha value is -0.900. The summed E-state index contributed by atoms with van der Waals surface area (Å²) >= 11 is 0. The largest absolute Gasteiger partial charge is 0.356 e. The maximum absolute atomic E-state index is 11.7. The minimum atomic E-state index is 0.164. The van der Waals surface area contributed by atoms with Gasteiger partial charge in [0.2, 0.25) is 5.91 Å². The molecule has 0 spiro atoms. The summed E-state index contributed by atoms with van der Waals surface area (Å²) in [6.45, 7) is 4.22. The third-order valence-corrected chi connectivity index (χ3v) is 3.09. The van der Waals surface area contributed by atoms with Crippen molar-refractivity contribution in [3.05, 3.63) is 0 Å². The smallest absolute Gasteiger partial charge is 0.223 e. The number of rotatable bonds is 5. The van der Waals surface area contributed by atoms with Crippen LogP contribution in [-0.4, -0.2) is 43.3 Å². The molecule has 0 radical (unpaired) electrons. The lowest BCUT2D eigenvalue weighted by Gasteiger charge is -2.28. The van der Waals surface area contributed by atoms with Gasteiger partial charge in [-0.15, -0.1) is 0 Å². The van der Waals surface area contributed by atoms with Crippen molar-refractivity contribution < 1.29 is 9.59 Å². The monoisotopic (exact) mass is 226 g/mol. The predicted octanol–water partition coefficient (Wildman–Crippen LogP) is 0.814. The van der Waals surface area contributed by atoms with Gasteiger partial charge >= 0.3 is 0 Å². The molecule has 16 heavy (non-hydrogen) atoms. The van der Waals surface area contributed by atoms with Gasteiger partial charge in [-0.1, -0.05) is 0 Å². The van der Waals surface area contributed by atoms with Crippen molar-refractivity contribution in [1.82, 2.24) is 10.2 Å². The number of Topliss-reactive ketones (excluding diaryl/α,β-unsaturated/α-hetero) is 1. The Morgan fingerprint density at radius 2 is 1.94 bits per heavy atom. The van der Waals surface area contributed by atoms with E-state index in [2.05, 4.69) is 17.3 Å². The van der Waals surface area contributed by atoms with Crippen molar-refractivity contribution >= 4 is 11.7 Å². The maximum Gasteiger partial charge on any atom is 0.223 e. The lowest BCUT2D eigenvalue weighted by Crippen LogP contribution is -2.39. The van der Waals surface area contributed by atoms with E-state index in [1.807, 2.05) is 0 Å². The topological polar surface area (TPSA) is 49.4 Å². The van der Waals surface area contributed by atoms with E-state index < -0.39 is 0 Å². The predicted molar refractivity (Wildman–Crippen MR) is 63.1 cm³/mol. The first-order valence-electron chi connectivity index (χ1n) is 6.05. The van der Waals surface area contributed by atoms with E-state index in [1.165, 1.54) is 0 Å². The van der Waals surface area contributed by atoms with Gasteiger partial charge in [-0.25, -0.2) is 0 Å². The van der Waals surface area contributed by atoms with E-state index in [4.69, 9.17) is 0 Å². The van der Waals surface area contributed by atoms with Crippen molar-refractivity contribution in [2.45, 2.75) is 32.6 Å². The molecule has 0 unspecified atom stereocenters. The number of amides is 1. The normalized spacial score (nSPS) is 18.4. The molecule has 1 fully saturated rings. The number of nitrogens with one attached hydrogen (secondary N) is 1. The van der Waals surface area contributed by atoms with E-state index >= 15 is 0 Å². The van der Waals surface area contributed by atoms with E-state index in [9.17, 15) is 9.59 Å². The van der Waals surface area contributed by atoms with Gasteiger partial charge in [0.1, 0.15) is 5.78 Å². The highest BCUT2D eigenvalue weighted by Gasteiger charge is 2.22. The second kappa shape index (κ2) is 6.63. The molecule has 1 amide bonds. The van der Waals surface area contributed by atoms with Crippen molar-refractivity contribution in [3.8, 4) is 0 Å². The van der Waals surface area contributed by atoms with Crippen LogP contribution < -0.4 is 5.32 Å². The number of piperidine rings is 1. The zero-order chi connectivity index (χ0) is 12.0. The summed E-state index contributed by atoms with van der Waals surface area (Å²) in [7, 11) is 2.08. The Bertz CT molecular complexity index is 245. The van der Waals surface area contributed by atoms with Gasteiger partial charge in [0, 0.05) is 18.9 Å². The quantitative estimate of drug-likeness (QED) is 0.706. The lowest BCUT2D eigenvalue weighted by molar-refractivity contribution is -0.126. The molecule has 1 N–H and O–H groups in total. The van der Waals surface area contributed by atoms with Crippen LogP contribution in [0.3, 0.4) is 0 Å². The zero-order valence-electron chi connectivity index (χ0n) is 10.3. The molecular formula is C12H22N2O2. The van der Waals surface area contributed by atoms with Gasteiger partial charge in [-0.3, -0.25) is 4.79 Å². The summed E-state index contributed by atoms with van der Waals surface area (Å²) in [5.74, 6) is 0.527. The third kappa shape index (κ3) is 4.75. The van der Waals surface area contributed by atoms with Crippen molar-refractivity contribution in [2.75, 3.05) is 26.7 Å². The van der Waals surface area contributed by atoms with Crippen molar-refractivity contribution in [1.29, 1.82) is 0 Å². The molecule has 0 aromatic rings. The number of carbonyl (C=O) groups excluding carboxylic acids is 2. The van der Waals surface area contributed by atoms with Crippen molar-refractivity contribution in [2.24, 2.45) is 5.92 Å². The molecular weight excluding hydrogens is 204 g/mol. The Kier molecular flexibility index (Phi) is 5.46. The van der Waals surface area contributed by atoms with Gasteiger partial charge < -0.3 is 15.0 Å². The molecule has 1 heterocycles. The Morgan fingerprint density at radius 3 is 2.50 bits per heavy atom. The number of nitrogens with zero attached hydrogens (tertiary/aromatic N) is 1. The van der Waals surface area contributed by atoms with Crippen LogP contribution in [0.2, 0.25) is 0 Å². The van der Waals surface area contributed by atoms with E-state index in [0.29, 0.717) is 13.0 Å². The molecule has 4 heteroatoms. The molecule has 4 nitrogen and oxygen atoms in total. The number of hydrogen-bond acceptors (Lipinski definition) is 3. The third-order valence-electron chi connectivity index (χ3n) is 3.09. The number of hydrogen-bond donors (Lipinski definition) is 1. The fourth-order valence-corrected chi connectivity index (χ4v) is 1.96. The fraction of sp³-hybridized carbons (Fsp3) is 0.833. The van der Waals surface area contributed by atoms with Crippen LogP contribution in [0.5, 0.6) is 0 Å². The first-order chi connectivity index (χ1) is 7.59. The highest BCUT2D eigenvalue weighted by atomic mass is 16.2. The van der Waals surface area contributed by atoms with Gasteiger partial charge in [-0.05, 0) is 46.3 Å². The Labute approximate surface area is 97.4 Å². The average molecular weight is 226 g/mol. The molecule has 0 bridgehead atoms. The molecule has 0 aliphatic carbocycles. The molecule has 1 aliphatic heterocycles. The standard InChI is InChI=1S/C12H22N2O2/c1-10(15)4-3-7-13-12(16)11-5-8-14(2)9-6-11/h11H,3-9H2,1-2H3,(H,13,16). The van der Waals surface area contributed by atoms with Crippen LogP contribution in [0.1, 0.15) is 32.6 Å². The van der Waals surface area contributed by atoms with Crippen LogP contribution in [0.15, 0.2) is 0 Å². The average Bonchev–Trinajstić information content (AvgIpc) is 2.25. The fourth-order valence-electron chi connectivity index (χ4n) is 1.96. The second-order valence-corrected chi connectivity index (χ2v) is 4.67. The summed E-state index contributed by atoms with van der Waals surface area (Å²) in [6, 6.07) is 0. The maximum atomic E-state index is 11.7. The van der Waals surface area contributed by atoms with Crippen LogP contribution in [-0.2, 0) is 9.59 Å². The second-order valence-electron chi connectivity index (χ2n) is 4.67. The van der Waals surface area contributed by atoms with Crippen LogP contribution >= 0.6 is 0 Å². The number of carbonyl (C=O) groups is 2. The molecule has 92 valence electrons. The summed E-state index contributed by atoms with van der Waals surface area (Å²) in [5, 5.41) is 2.91. The number of ketones is 1. The van der Waals surface area contributed by atoms with Crippen LogP contribution in [0, 0.1) is 5.92 Å². The molecule has 0 aromatic carbocycles. The van der Waals surface area contributed by atoms with E-state index in [1.54, 1.807) is 6.92 Å². The summed E-state index contributed by atoms with van der Waals surface area (Å²) in [4.78, 5) is 24.7. The van der Waals surface area contributed by atoms with Crippen LogP contribution in [0.4, 0.5) is 0 Å². The lowest BCUT2D eigenvalue weighted by atomic mass is 9.96. The van der Waals surface area contributed by atoms with Gasteiger partial charge in [-0.2, -0.15) is 0 Å². The molecule has 0 atom stereocenters. The molecule has 0 aromatic heterocycles. The van der Waals surface area contributed by atoms with E-state index in [-0.39, 0.29) is 17.6 Å². The van der Waals surface area contributed by atoms with Gasteiger partial charge in [0.05, 0.1) is 0 Å². The first kappa shape index (κ1) is 13.2. The van der Waals surface area contributed by atoms with Gasteiger partial charge in [0.25, 0.3) is 0 Å². The summed E-state index contributed by atoms with van der Waals surface area (Å²) in [5.41, 5.74) is 0. The van der Waals surface area contributed by atoms with Crippen LogP contribution in [0.25, 0.3) is 0 Å². The molecule has 1 rings (SSSR count). The Morgan fingerprint density at radius 1 is 1.31 bits per heavy atom. The minimum Gasteiger partial charge on any atom is -0.356 e. The van der Waals surface area contributed by atoms with Crippen molar-refractivity contribution in [3.63, 3.8) is 0 Å². The first-order valence-corrected chi connectivity index (χ1v) is 6.05. The Balaban J connectivity index is 2.12. The highest BCUT2D eigenvalue weighted by molar-refractivity contribution is 5.79.